The van der Waals surface area contributed by atoms with E-state index >= 15 is 0 Å². The molecule has 0 unspecified atom stereocenters. The van der Waals surface area contributed by atoms with Gasteiger partial charge in [0.25, 0.3) is 10.2 Å². The number of nitrogen functional groups attached to an aromatic ring is 1. The van der Waals surface area contributed by atoms with E-state index in [9.17, 15) is 13.2 Å². The van der Waals surface area contributed by atoms with Gasteiger partial charge >= 0.3 is 0 Å². The Labute approximate surface area is 155 Å². The van der Waals surface area contributed by atoms with Crippen molar-refractivity contribution in [1.82, 2.24) is 13.5 Å². The van der Waals surface area contributed by atoms with Crippen molar-refractivity contribution < 1.29 is 13.2 Å². The highest BCUT2D eigenvalue weighted by atomic mass is 32.2. The highest BCUT2D eigenvalue weighted by molar-refractivity contribution is 7.86. The Kier molecular flexibility index (Phi) is 5.40. The van der Waals surface area contributed by atoms with Gasteiger partial charge in [-0.15, -0.1) is 0 Å². The maximum absolute atomic E-state index is 12.9. The third kappa shape index (κ3) is 3.65. The van der Waals surface area contributed by atoms with Crippen LogP contribution in [0.3, 0.4) is 0 Å². The standard InChI is InChI=1S/C17H27N5O3S/c1-19(2)26(24,25)22-9-3-4-16(22)17(23)21-12-10-20(11-13-21)15-7-5-14(18)6-8-15/h5-8,16H,3-4,9-13,18H2,1-2H3/t16-/m0/s1. The van der Waals surface area contributed by atoms with Crippen molar-refractivity contribution in [2.24, 2.45) is 0 Å². The Hall–Kier alpha value is -1.84. The van der Waals surface area contributed by atoms with Crippen LogP contribution in [0.15, 0.2) is 24.3 Å². The zero-order valence-electron chi connectivity index (χ0n) is 15.3. The molecule has 26 heavy (non-hydrogen) atoms. The van der Waals surface area contributed by atoms with E-state index in [1.807, 2.05) is 24.3 Å². The second-order valence-electron chi connectivity index (χ2n) is 6.96. The van der Waals surface area contributed by atoms with Crippen molar-refractivity contribution in [3.05, 3.63) is 24.3 Å². The van der Waals surface area contributed by atoms with E-state index in [0.29, 0.717) is 26.1 Å². The average Bonchev–Trinajstić information content (AvgIpc) is 3.12. The van der Waals surface area contributed by atoms with Crippen LogP contribution in [0.2, 0.25) is 0 Å². The second-order valence-corrected chi connectivity index (χ2v) is 9.06. The molecule has 8 nitrogen and oxygen atoms in total. The quantitative estimate of drug-likeness (QED) is 0.752. The first-order chi connectivity index (χ1) is 12.3. The van der Waals surface area contributed by atoms with Gasteiger partial charge < -0.3 is 15.5 Å². The highest BCUT2D eigenvalue weighted by Gasteiger charge is 2.41. The van der Waals surface area contributed by atoms with Crippen LogP contribution in [-0.4, -0.2) is 80.7 Å². The van der Waals surface area contributed by atoms with Gasteiger partial charge in [-0.05, 0) is 37.1 Å². The predicted octanol–water partition coefficient (Wildman–Crippen LogP) is 0.188. The number of nitrogens with zero attached hydrogens (tertiary/aromatic N) is 4. The maximum atomic E-state index is 12.9. The summed E-state index contributed by atoms with van der Waals surface area (Å²) < 4.78 is 27.4. The molecular formula is C17H27N5O3S. The molecule has 0 radical (unpaired) electrons. The smallest absolute Gasteiger partial charge is 0.282 e. The molecule has 0 aliphatic carbocycles. The predicted molar refractivity (Wildman–Crippen MR) is 102 cm³/mol. The van der Waals surface area contributed by atoms with Gasteiger partial charge in [0.15, 0.2) is 0 Å². The summed E-state index contributed by atoms with van der Waals surface area (Å²) in [4.78, 5) is 16.9. The minimum atomic E-state index is -3.57. The third-order valence-corrected chi connectivity index (χ3v) is 7.05. The number of carbonyl (C=O) groups excluding carboxylic acids is 1. The van der Waals surface area contributed by atoms with Crippen LogP contribution in [0.5, 0.6) is 0 Å². The number of hydrogen-bond donors (Lipinski definition) is 1. The van der Waals surface area contributed by atoms with Gasteiger partial charge in [0.2, 0.25) is 5.91 Å². The van der Waals surface area contributed by atoms with Gasteiger partial charge in [-0.3, -0.25) is 4.79 Å². The average molecular weight is 382 g/mol. The van der Waals surface area contributed by atoms with Crippen LogP contribution in [0.1, 0.15) is 12.8 Å². The molecule has 1 atom stereocenters. The lowest BCUT2D eigenvalue weighted by Crippen LogP contribution is -2.55. The molecule has 1 aromatic rings. The summed E-state index contributed by atoms with van der Waals surface area (Å²) >= 11 is 0. The SMILES string of the molecule is CN(C)S(=O)(=O)N1CCC[C@H]1C(=O)N1CCN(c2ccc(N)cc2)CC1. The molecule has 1 aromatic carbocycles. The van der Waals surface area contributed by atoms with Crippen LogP contribution in [0.25, 0.3) is 0 Å². The molecule has 2 aliphatic rings. The molecule has 0 aromatic heterocycles. The summed E-state index contributed by atoms with van der Waals surface area (Å²) in [6.07, 6.45) is 1.30. The Balaban J connectivity index is 1.64. The molecule has 2 N–H and O–H groups in total. The maximum Gasteiger partial charge on any atom is 0.282 e. The van der Waals surface area contributed by atoms with Crippen LogP contribution >= 0.6 is 0 Å². The number of piperazine rings is 1. The minimum absolute atomic E-state index is 0.0788. The van der Waals surface area contributed by atoms with Crippen LogP contribution in [0.4, 0.5) is 11.4 Å². The van der Waals surface area contributed by atoms with Crippen molar-refractivity contribution in [2.75, 3.05) is 57.5 Å². The third-order valence-electron chi connectivity index (χ3n) is 5.10. The van der Waals surface area contributed by atoms with Crippen molar-refractivity contribution in [1.29, 1.82) is 0 Å². The lowest BCUT2D eigenvalue weighted by atomic mass is 10.1. The second kappa shape index (κ2) is 7.42. The molecule has 9 heteroatoms. The van der Waals surface area contributed by atoms with Crippen LogP contribution in [-0.2, 0) is 15.0 Å². The first kappa shape index (κ1) is 18.9. The zero-order valence-corrected chi connectivity index (χ0v) is 16.2. The van der Waals surface area contributed by atoms with E-state index in [0.717, 1.165) is 30.9 Å². The van der Waals surface area contributed by atoms with Crippen LogP contribution in [0, 0.1) is 0 Å². The summed E-state index contributed by atoms with van der Waals surface area (Å²) in [6, 6.07) is 7.13. The first-order valence-electron chi connectivity index (χ1n) is 8.89. The fourth-order valence-corrected chi connectivity index (χ4v) is 4.85. The van der Waals surface area contributed by atoms with Crippen molar-refractivity contribution >= 4 is 27.5 Å². The molecule has 2 saturated heterocycles. The topological polar surface area (TPSA) is 90.2 Å². The number of carbonyl (C=O) groups is 1. The van der Waals surface area contributed by atoms with E-state index in [4.69, 9.17) is 5.73 Å². The van der Waals surface area contributed by atoms with E-state index < -0.39 is 16.3 Å². The minimum Gasteiger partial charge on any atom is -0.399 e. The molecule has 0 spiro atoms. The van der Waals surface area contributed by atoms with Crippen molar-refractivity contribution in [2.45, 2.75) is 18.9 Å². The Bertz CT molecular complexity index is 742. The Morgan fingerprint density at radius 1 is 1.08 bits per heavy atom. The Morgan fingerprint density at radius 3 is 2.27 bits per heavy atom. The van der Waals surface area contributed by atoms with Gasteiger partial charge in [-0.1, -0.05) is 0 Å². The van der Waals surface area contributed by atoms with Gasteiger partial charge in [-0.25, -0.2) is 0 Å². The van der Waals surface area contributed by atoms with E-state index in [1.165, 1.54) is 22.7 Å². The van der Waals surface area contributed by atoms with Gasteiger partial charge in [0, 0.05) is 58.2 Å². The normalized spacial score (nSPS) is 22.2. The highest BCUT2D eigenvalue weighted by Crippen LogP contribution is 2.25. The van der Waals surface area contributed by atoms with E-state index in [1.54, 1.807) is 4.90 Å². The van der Waals surface area contributed by atoms with Gasteiger partial charge in [0.1, 0.15) is 6.04 Å². The van der Waals surface area contributed by atoms with Gasteiger partial charge in [-0.2, -0.15) is 17.0 Å². The lowest BCUT2D eigenvalue weighted by Gasteiger charge is -2.38. The molecule has 2 aliphatic heterocycles. The van der Waals surface area contributed by atoms with Crippen molar-refractivity contribution in [3.63, 3.8) is 0 Å². The molecule has 0 saturated carbocycles. The number of benzene rings is 1. The van der Waals surface area contributed by atoms with Gasteiger partial charge in [0.05, 0.1) is 0 Å². The molecule has 2 heterocycles. The summed E-state index contributed by atoms with van der Waals surface area (Å²) in [5.74, 6) is -0.0788. The molecule has 3 rings (SSSR count). The van der Waals surface area contributed by atoms with E-state index in [-0.39, 0.29) is 5.91 Å². The number of nitrogens with two attached hydrogens (primary N) is 1. The number of amides is 1. The van der Waals surface area contributed by atoms with Crippen LogP contribution < -0.4 is 10.6 Å². The van der Waals surface area contributed by atoms with Crippen molar-refractivity contribution in [3.8, 4) is 0 Å². The summed E-state index contributed by atoms with van der Waals surface area (Å²) in [7, 11) is -0.569. The number of hydrogen-bond acceptors (Lipinski definition) is 5. The first-order valence-corrected chi connectivity index (χ1v) is 10.3. The number of rotatable bonds is 4. The summed E-state index contributed by atoms with van der Waals surface area (Å²) in [5, 5.41) is 0. The Morgan fingerprint density at radius 2 is 1.69 bits per heavy atom. The molecule has 0 bridgehead atoms. The fourth-order valence-electron chi connectivity index (χ4n) is 3.55. The summed E-state index contributed by atoms with van der Waals surface area (Å²) in [6.45, 7) is 3.04. The number of anilines is 2. The lowest BCUT2D eigenvalue weighted by molar-refractivity contribution is -0.135. The molecule has 1 amide bonds. The molecular weight excluding hydrogens is 354 g/mol. The largest absolute Gasteiger partial charge is 0.399 e. The molecule has 144 valence electrons. The fraction of sp³-hybridized carbons (Fsp3) is 0.588. The monoisotopic (exact) mass is 381 g/mol. The summed E-state index contributed by atoms with van der Waals surface area (Å²) in [5.41, 5.74) is 7.54. The molecule has 2 fully saturated rings. The zero-order chi connectivity index (χ0) is 18.9. The van der Waals surface area contributed by atoms with E-state index in [2.05, 4.69) is 4.90 Å².